The second-order valence-corrected chi connectivity index (χ2v) is 6.00. The molecule has 7 heteroatoms. The molecule has 118 valence electrons. The molecule has 0 aromatic carbocycles. The van der Waals surface area contributed by atoms with Gasteiger partial charge in [-0.15, -0.1) is 0 Å². The van der Waals surface area contributed by atoms with Crippen molar-refractivity contribution in [2.75, 3.05) is 29.9 Å². The summed E-state index contributed by atoms with van der Waals surface area (Å²) in [7, 11) is 2.06. The number of hydrogen-bond acceptors (Lipinski definition) is 6. The molecule has 23 heavy (non-hydrogen) atoms. The molecule has 1 aliphatic heterocycles. The van der Waals surface area contributed by atoms with Crippen LogP contribution < -0.4 is 9.80 Å². The van der Waals surface area contributed by atoms with Crippen molar-refractivity contribution in [2.24, 2.45) is 0 Å². The zero-order valence-electron chi connectivity index (χ0n) is 13.3. The van der Waals surface area contributed by atoms with Gasteiger partial charge in [0.15, 0.2) is 0 Å². The number of fused-ring (bicyclic) bond motifs is 1. The van der Waals surface area contributed by atoms with E-state index in [-0.39, 0.29) is 0 Å². The molecular weight excluding hydrogens is 290 g/mol. The molecule has 0 radical (unpaired) electrons. The van der Waals surface area contributed by atoms with Crippen LogP contribution in [0.15, 0.2) is 31.0 Å². The summed E-state index contributed by atoms with van der Waals surface area (Å²) >= 11 is 0. The van der Waals surface area contributed by atoms with Gasteiger partial charge in [-0.1, -0.05) is 0 Å². The first-order chi connectivity index (χ1) is 11.2. The number of rotatable bonds is 3. The molecule has 0 amide bonds. The summed E-state index contributed by atoms with van der Waals surface area (Å²) in [5.41, 5.74) is 1.96. The molecule has 4 heterocycles. The van der Waals surface area contributed by atoms with Crippen molar-refractivity contribution in [3.05, 3.63) is 36.5 Å². The lowest BCUT2D eigenvalue weighted by molar-refractivity contribution is 0.673. The van der Waals surface area contributed by atoms with E-state index in [1.165, 1.54) is 0 Å². The number of aryl methyl sites for hydroxylation is 1. The molecule has 4 rings (SSSR count). The fraction of sp³-hybridized carbons (Fsp3) is 0.375. The van der Waals surface area contributed by atoms with Gasteiger partial charge >= 0.3 is 0 Å². The zero-order chi connectivity index (χ0) is 15.8. The molecule has 1 aliphatic rings. The highest BCUT2D eigenvalue weighted by Gasteiger charge is 2.28. The highest BCUT2D eigenvalue weighted by Crippen LogP contribution is 2.27. The Morgan fingerprint density at radius 2 is 2.04 bits per heavy atom. The van der Waals surface area contributed by atoms with Gasteiger partial charge < -0.3 is 14.8 Å². The van der Waals surface area contributed by atoms with Gasteiger partial charge in [-0.3, -0.25) is 0 Å². The maximum Gasteiger partial charge on any atom is 0.225 e. The van der Waals surface area contributed by atoms with E-state index in [1.54, 1.807) is 6.33 Å². The largest absolute Gasteiger partial charge is 0.354 e. The van der Waals surface area contributed by atoms with Crippen LogP contribution >= 0.6 is 0 Å². The molecule has 0 bridgehead atoms. The van der Waals surface area contributed by atoms with E-state index >= 15 is 0 Å². The molecule has 0 saturated carbocycles. The van der Waals surface area contributed by atoms with Gasteiger partial charge in [-0.25, -0.2) is 19.9 Å². The summed E-state index contributed by atoms with van der Waals surface area (Å²) in [5.74, 6) is 1.77. The second-order valence-electron chi connectivity index (χ2n) is 6.00. The Kier molecular flexibility index (Phi) is 3.33. The van der Waals surface area contributed by atoms with Crippen LogP contribution in [0.1, 0.15) is 12.0 Å². The minimum absolute atomic E-state index is 0.377. The van der Waals surface area contributed by atoms with E-state index in [1.807, 2.05) is 31.6 Å². The molecule has 0 unspecified atom stereocenters. The van der Waals surface area contributed by atoms with Crippen LogP contribution in [0.4, 0.5) is 11.8 Å². The molecule has 1 saturated heterocycles. The van der Waals surface area contributed by atoms with Crippen molar-refractivity contribution < 1.29 is 0 Å². The molecule has 1 fully saturated rings. The third-order valence-electron chi connectivity index (χ3n) is 4.43. The highest BCUT2D eigenvalue weighted by atomic mass is 15.3. The Morgan fingerprint density at radius 1 is 1.22 bits per heavy atom. The van der Waals surface area contributed by atoms with Crippen LogP contribution in [0.3, 0.4) is 0 Å². The first kappa shape index (κ1) is 13.9. The maximum atomic E-state index is 4.48. The van der Waals surface area contributed by atoms with E-state index < -0.39 is 0 Å². The normalized spacial score (nSPS) is 17.8. The molecule has 0 spiro atoms. The van der Waals surface area contributed by atoms with E-state index in [9.17, 15) is 0 Å². The molecule has 3 aromatic heterocycles. The number of aromatic amines is 1. The van der Waals surface area contributed by atoms with E-state index in [0.717, 1.165) is 47.9 Å². The fourth-order valence-electron chi connectivity index (χ4n) is 3.09. The monoisotopic (exact) mass is 309 g/mol. The van der Waals surface area contributed by atoms with Gasteiger partial charge in [-0.2, -0.15) is 0 Å². The summed E-state index contributed by atoms with van der Waals surface area (Å²) in [4.78, 5) is 25.2. The summed E-state index contributed by atoms with van der Waals surface area (Å²) in [6.07, 6.45) is 8.30. The minimum Gasteiger partial charge on any atom is -0.354 e. The van der Waals surface area contributed by atoms with Gasteiger partial charge in [0.2, 0.25) is 5.95 Å². The number of hydrogen-bond donors (Lipinski definition) is 1. The Morgan fingerprint density at radius 3 is 2.87 bits per heavy atom. The summed E-state index contributed by atoms with van der Waals surface area (Å²) in [6, 6.07) is 2.41. The lowest BCUT2D eigenvalue weighted by atomic mass is 10.2. The van der Waals surface area contributed by atoms with E-state index in [4.69, 9.17) is 0 Å². The number of nitrogens with one attached hydrogen (secondary N) is 1. The van der Waals surface area contributed by atoms with Crippen LogP contribution in [0.5, 0.6) is 0 Å². The Hall–Kier alpha value is -2.70. The quantitative estimate of drug-likeness (QED) is 0.795. The Balaban J connectivity index is 1.55. The van der Waals surface area contributed by atoms with Crippen LogP contribution in [-0.2, 0) is 0 Å². The predicted molar refractivity (Wildman–Crippen MR) is 89.7 cm³/mol. The summed E-state index contributed by atoms with van der Waals surface area (Å²) in [6.45, 7) is 3.88. The third-order valence-corrected chi connectivity index (χ3v) is 4.43. The van der Waals surface area contributed by atoms with Crippen molar-refractivity contribution in [2.45, 2.75) is 19.4 Å². The number of nitrogens with zero attached hydrogens (tertiary/aromatic N) is 6. The van der Waals surface area contributed by atoms with Gasteiger partial charge in [0.05, 0.1) is 11.4 Å². The van der Waals surface area contributed by atoms with Crippen molar-refractivity contribution in [3.63, 3.8) is 0 Å². The number of H-pyrrole nitrogens is 1. The lowest BCUT2D eigenvalue weighted by Gasteiger charge is -2.25. The molecular formula is C16H19N7. The summed E-state index contributed by atoms with van der Waals surface area (Å²) in [5, 5.41) is 1.07. The van der Waals surface area contributed by atoms with Gasteiger partial charge in [0.1, 0.15) is 17.8 Å². The van der Waals surface area contributed by atoms with E-state index in [0.29, 0.717) is 6.04 Å². The first-order valence-corrected chi connectivity index (χ1v) is 7.77. The number of likely N-dealkylation sites (N-methyl/N-ethyl adjacent to an activating group) is 1. The van der Waals surface area contributed by atoms with Crippen molar-refractivity contribution in [1.82, 2.24) is 24.9 Å². The molecule has 1 atom stereocenters. The average Bonchev–Trinajstić information content (AvgIpc) is 3.24. The van der Waals surface area contributed by atoms with Gasteiger partial charge in [0.25, 0.3) is 0 Å². The topological polar surface area (TPSA) is 73.8 Å². The van der Waals surface area contributed by atoms with Crippen LogP contribution in [0.25, 0.3) is 11.0 Å². The Bertz CT molecular complexity index is 811. The number of anilines is 2. The smallest absolute Gasteiger partial charge is 0.225 e. The van der Waals surface area contributed by atoms with Gasteiger partial charge in [0, 0.05) is 38.7 Å². The van der Waals surface area contributed by atoms with Crippen molar-refractivity contribution >= 4 is 22.8 Å². The zero-order valence-corrected chi connectivity index (χ0v) is 13.3. The lowest BCUT2D eigenvalue weighted by Crippen LogP contribution is -2.35. The highest BCUT2D eigenvalue weighted by molar-refractivity contribution is 5.87. The third kappa shape index (κ3) is 2.48. The molecule has 0 aliphatic carbocycles. The first-order valence-electron chi connectivity index (χ1n) is 7.77. The minimum atomic E-state index is 0.377. The van der Waals surface area contributed by atoms with Crippen molar-refractivity contribution in [1.29, 1.82) is 0 Å². The molecule has 3 aromatic rings. The molecule has 1 N–H and O–H groups in total. The van der Waals surface area contributed by atoms with Crippen LogP contribution in [-0.4, -0.2) is 51.1 Å². The average molecular weight is 309 g/mol. The SMILES string of the molecule is Cc1cnc(N(C)[C@@H]2CCN(c3ncnc4[nH]ccc34)C2)nc1. The molecule has 7 nitrogen and oxygen atoms in total. The van der Waals surface area contributed by atoms with Gasteiger partial charge in [-0.05, 0) is 25.0 Å². The van der Waals surface area contributed by atoms with E-state index in [2.05, 4.69) is 41.8 Å². The second kappa shape index (κ2) is 5.49. The summed E-state index contributed by atoms with van der Waals surface area (Å²) < 4.78 is 0. The van der Waals surface area contributed by atoms with Crippen molar-refractivity contribution in [3.8, 4) is 0 Å². The van der Waals surface area contributed by atoms with Crippen LogP contribution in [0.2, 0.25) is 0 Å². The van der Waals surface area contributed by atoms with Crippen LogP contribution in [0, 0.1) is 6.92 Å². The predicted octanol–water partition coefficient (Wildman–Crippen LogP) is 1.77. The standard InChI is InChI=1S/C16H19N7/c1-11-7-18-16(19-8-11)22(2)12-4-6-23(9-12)15-13-3-5-17-14(13)20-10-21-15/h3,5,7-8,10,12H,4,6,9H2,1-2H3,(H,17,20,21)/t12-/m1/s1. The Labute approximate surface area is 134 Å². The fourth-order valence-corrected chi connectivity index (χ4v) is 3.09. The number of aromatic nitrogens is 5. The maximum absolute atomic E-state index is 4.48.